The van der Waals surface area contributed by atoms with Crippen molar-refractivity contribution < 1.29 is 9.59 Å². The molecule has 1 aliphatic heterocycles. The van der Waals surface area contributed by atoms with Crippen molar-refractivity contribution in [2.24, 2.45) is 0 Å². The van der Waals surface area contributed by atoms with Gasteiger partial charge in [0, 0.05) is 40.2 Å². The molecule has 2 amide bonds. The summed E-state index contributed by atoms with van der Waals surface area (Å²) in [6.45, 7) is 3.77. The Hall–Kier alpha value is -1.10. The highest BCUT2D eigenvalue weighted by Gasteiger charge is 2.31. The first-order valence-electron chi connectivity index (χ1n) is 5.29. The fourth-order valence-electron chi connectivity index (χ4n) is 1.72. The van der Waals surface area contributed by atoms with Gasteiger partial charge in [0.1, 0.15) is 6.04 Å². The number of carbonyl (C=O) groups excluding carboxylic acids is 2. The average molecular weight is 213 g/mol. The topological polar surface area (TPSA) is 52.7 Å². The molecule has 1 heterocycles. The van der Waals surface area contributed by atoms with Gasteiger partial charge in [-0.25, -0.2) is 0 Å². The number of hydrogen-bond acceptors (Lipinski definition) is 3. The summed E-state index contributed by atoms with van der Waals surface area (Å²) < 4.78 is 0. The van der Waals surface area contributed by atoms with Crippen LogP contribution in [0.4, 0.5) is 0 Å². The lowest BCUT2D eigenvalue weighted by Crippen LogP contribution is -2.59. The summed E-state index contributed by atoms with van der Waals surface area (Å²) in [5.74, 6) is 0.0423. The van der Waals surface area contributed by atoms with Gasteiger partial charge in [0.2, 0.25) is 11.8 Å². The molecule has 0 aromatic heterocycles. The summed E-state index contributed by atoms with van der Waals surface area (Å²) in [6.07, 6.45) is 0.456. The van der Waals surface area contributed by atoms with Gasteiger partial charge in [0.15, 0.2) is 0 Å². The predicted molar refractivity (Wildman–Crippen MR) is 57.4 cm³/mol. The van der Waals surface area contributed by atoms with E-state index in [0.717, 1.165) is 6.54 Å². The Labute approximate surface area is 90.4 Å². The molecular formula is C10H19N3O2. The lowest BCUT2D eigenvalue weighted by Gasteiger charge is -2.36. The number of nitrogens with zero attached hydrogens (tertiary/aromatic N) is 2. The maximum Gasteiger partial charge on any atom is 0.246 e. The zero-order chi connectivity index (χ0) is 11.4. The van der Waals surface area contributed by atoms with E-state index in [1.807, 2.05) is 6.92 Å². The molecule has 0 saturated carbocycles. The zero-order valence-electron chi connectivity index (χ0n) is 9.62. The van der Waals surface area contributed by atoms with Crippen molar-refractivity contribution in [2.45, 2.75) is 19.4 Å². The van der Waals surface area contributed by atoms with Crippen LogP contribution in [-0.4, -0.2) is 61.4 Å². The van der Waals surface area contributed by atoms with E-state index in [9.17, 15) is 9.59 Å². The lowest BCUT2D eigenvalue weighted by atomic mass is 10.1. The second kappa shape index (κ2) is 5.11. The van der Waals surface area contributed by atoms with Crippen LogP contribution in [0.15, 0.2) is 0 Å². The Balaban J connectivity index is 2.73. The van der Waals surface area contributed by atoms with E-state index >= 15 is 0 Å². The number of carbonyl (C=O) groups is 2. The monoisotopic (exact) mass is 213 g/mol. The van der Waals surface area contributed by atoms with Gasteiger partial charge < -0.3 is 15.1 Å². The molecule has 1 N–H and O–H groups in total. The van der Waals surface area contributed by atoms with Crippen molar-refractivity contribution in [1.82, 2.24) is 15.1 Å². The van der Waals surface area contributed by atoms with E-state index in [4.69, 9.17) is 0 Å². The van der Waals surface area contributed by atoms with Crippen molar-refractivity contribution >= 4 is 11.8 Å². The van der Waals surface area contributed by atoms with Crippen LogP contribution in [0.3, 0.4) is 0 Å². The summed E-state index contributed by atoms with van der Waals surface area (Å²) in [6, 6.07) is -0.332. The molecular weight excluding hydrogens is 194 g/mol. The first-order chi connectivity index (χ1) is 7.07. The third-order valence-electron chi connectivity index (χ3n) is 2.59. The van der Waals surface area contributed by atoms with Gasteiger partial charge in [-0.15, -0.1) is 0 Å². The summed E-state index contributed by atoms with van der Waals surface area (Å²) in [5, 5.41) is 3.14. The quantitative estimate of drug-likeness (QED) is 0.659. The molecule has 1 atom stereocenters. The predicted octanol–water partition coefficient (Wildman–Crippen LogP) is -0.715. The van der Waals surface area contributed by atoms with Crippen LogP contribution < -0.4 is 5.32 Å². The summed E-state index contributed by atoms with van der Waals surface area (Å²) in [7, 11) is 3.43. The number of hydrogen-bond donors (Lipinski definition) is 1. The van der Waals surface area contributed by atoms with Crippen molar-refractivity contribution in [3.8, 4) is 0 Å². The molecule has 1 rings (SSSR count). The van der Waals surface area contributed by atoms with Gasteiger partial charge >= 0.3 is 0 Å². The highest BCUT2D eigenvalue weighted by atomic mass is 16.2. The van der Waals surface area contributed by atoms with Crippen molar-refractivity contribution in [3.05, 3.63) is 0 Å². The number of piperazine rings is 1. The minimum atomic E-state index is -0.332. The van der Waals surface area contributed by atoms with Crippen LogP contribution >= 0.6 is 0 Å². The third-order valence-corrected chi connectivity index (χ3v) is 2.59. The number of likely N-dealkylation sites (N-methyl/N-ethyl adjacent to an activating group) is 1. The van der Waals surface area contributed by atoms with Crippen LogP contribution in [0.25, 0.3) is 0 Å². The maximum atomic E-state index is 11.8. The highest BCUT2D eigenvalue weighted by molar-refractivity contribution is 5.87. The van der Waals surface area contributed by atoms with Crippen LogP contribution in [-0.2, 0) is 9.59 Å². The molecule has 0 aromatic rings. The third kappa shape index (κ3) is 2.68. The smallest absolute Gasteiger partial charge is 0.246 e. The summed E-state index contributed by atoms with van der Waals surface area (Å²) in [4.78, 5) is 26.7. The molecule has 1 aliphatic rings. The minimum absolute atomic E-state index is 0.0102. The van der Waals surface area contributed by atoms with Crippen LogP contribution in [0.5, 0.6) is 0 Å². The molecule has 0 radical (unpaired) electrons. The van der Waals surface area contributed by atoms with E-state index in [2.05, 4.69) is 5.32 Å². The fraction of sp³-hybridized carbons (Fsp3) is 0.800. The largest absolute Gasteiger partial charge is 0.347 e. The first-order valence-corrected chi connectivity index (χ1v) is 5.29. The van der Waals surface area contributed by atoms with Gasteiger partial charge in [-0.05, 0) is 0 Å². The van der Waals surface area contributed by atoms with E-state index in [0.29, 0.717) is 19.5 Å². The SMILES string of the molecule is CCC(=O)N1CCNCC1C(=O)N(C)C. The number of nitrogens with one attached hydrogen (secondary N) is 1. The molecule has 86 valence electrons. The van der Waals surface area contributed by atoms with Crippen LogP contribution in [0.1, 0.15) is 13.3 Å². The van der Waals surface area contributed by atoms with Crippen molar-refractivity contribution in [3.63, 3.8) is 0 Å². The van der Waals surface area contributed by atoms with E-state index in [1.165, 1.54) is 4.90 Å². The molecule has 1 unspecified atom stereocenters. The molecule has 5 heteroatoms. The molecule has 15 heavy (non-hydrogen) atoms. The van der Waals surface area contributed by atoms with Crippen molar-refractivity contribution in [1.29, 1.82) is 0 Å². The Bertz CT molecular complexity index is 253. The zero-order valence-corrected chi connectivity index (χ0v) is 9.62. The second-order valence-corrected chi connectivity index (χ2v) is 3.89. The summed E-state index contributed by atoms with van der Waals surface area (Å²) >= 11 is 0. The Morgan fingerprint density at radius 3 is 2.67 bits per heavy atom. The van der Waals surface area contributed by atoms with Crippen molar-refractivity contribution in [2.75, 3.05) is 33.7 Å². The van der Waals surface area contributed by atoms with Crippen LogP contribution in [0, 0.1) is 0 Å². The molecule has 0 spiro atoms. The molecule has 1 saturated heterocycles. The van der Waals surface area contributed by atoms with Gasteiger partial charge in [-0.1, -0.05) is 6.92 Å². The molecule has 0 bridgehead atoms. The minimum Gasteiger partial charge on any atom is -0.347 e. The lowest BCUT2D eigenvalue weighted by molar-refractivity contribution is -0.145. The average Bonchev–Trinajstić information content (AvgIpc) is 2.27. The van der Waals surface area contributed by atoms with Gasteiger partial charge in [0.25, 0.3) is 0 Å². The number of amides is 2. The molecule has 0 aliphatic carbocycles. The van der Waals surface area contributed by atoms with E-state index < -0.39 is 0 Å². The summed E-state index contributed by atoms with van der Waals surface area (Å²) in [5.41, 5.74) is 0. The Kier molecular flexibility index (Phi) is 4.08. The molecule has 5 nitrogen and oxygen atoms in total. The molecule has 0 aromatic carbocycles. The molecule has 1 fully saturated rings. The van der Waals surface area contributed by atoms with Gasteiger partial charge in [0.05, 0.1) is 0 Å². The van der Waals surface area contributed by atoms with E-state index in [-0.39, 0.29) is 17.9 Å². The van der Waals surface area contributed by atoms with Crippen LogP contribution in [0.2, 0.25) is 0 Å². The first kappa shape index (κ1) is 12.0. The normalized spacial score (nSPS) is 21.3. The highest BCUT2D eigenvalue weighted by Crippen LogP contribution is 2.07. The Morgan fingerprint density at radius 1 is 1.47 bits per heavy atom. The van der Waals surface area contributed by atoms with E-state index in [1.54, 1.807) is 19.0 Å². The number of rotatable bonds is 2. The van der Waals surface area contributed by atoms with Gasteiger partial charge in [-0.2, -0.15) is 0 Å². The van der Waals surface area contributed by atoms with Gasteiger partial charge in [-0.3, -0.25) is 9.59 Å². The Morgan fingerprint density at radius 2 is 2.13 bits per heavy atom. The maximum absolute atomic E-state index is 11.8. The standard InChI is InChI=1S/C10H19N3O2/c1-4-9(14)13-6-5-11-7-8(13)10(15)12(2)3/h8,11H,4-7H2,1-3H3. The second-order valence-electron chi connectivity index (χ2n) is 3.89. The fourth-order valence-corrected chi connectivity index (χ4v) is 1.72.